The lowest BCUT2D eigenvalue weighted by atomic mass is 10.1. The Morgan fingerprint density at radius 1 is 1.24 bits per heavy atom. The van der Waals surface area contributed by atoms with Crippen LogP contribution in [0.5, 0.6) is 0 Å². The van der Waals surface area contributed by atoms with Crippen LogP contribution in [-0.4, -0.2) is 41.9 Å². The summed E-state index contributed by atoms with van der Waals surface area (Å²) in [6, 6.07) is 6.08. The number of carbonyl (C=O) groups excluding carboxylic acids is 1. The van der Waals surface area contributed by atoms with Crippen LogP contribution in [-0.2, 0) is 11.2 Å². The van der Waals surface area contributed by atoms with Gasteiger partial charge in [0.25, 0.3) is 5.69 Å². The summed E-state index contributed by atoms with van der Waals surface area (Å²) in [6.45, 7) is 7.92. The van der Waals surface area contributed by atoms with Gasteiger partial charge in [-0.25, -0.2) is 0 Å². The minimum Gasteiger partial charge on any atom is -0.356 e. The zero-order valence-electron chi connectivity index (χ0n) is 12.7. The van der Waals surface area contributed by atoms with Crippen LogP contribution in [0, 0.1) is 10.1 Å². The highest BCUT2D eigenvalue weighted by Gasteiger charge is 2.07. The molecule has 0 saturated carbocycles. The van der Waals surface area contributed by atoms with Gasteiger partial charge in [0.05, 0.1) is 11.3 Å². The molecule has 0 aromatic heterocycles. The van der Waals surface area contributed by atoms with Gasteiger partial charge in [-0.15, -0.1) is 0 Å². The van der Waals surface area contributed by atoms with Crippen molar-refractivity contribution >= 4 is 11.6 Å². The first kappa shape index (κ1) is 17.1. The number of amides is 1. The number of benzene rings is 1. The second-order valence-corrected chi connectivity index (χ2v) is 4.83. The number of nitrogens with one attached hydrogen (secondary N) is 1. The molecule has 0 saturated heterocycles. The highest BCUT2D eigenvalue weighted by atomic mass is 16.6. The van der Waals surface area contributed by atoms with Crippen LogP contribution in [0.4, 0.5) is 5.69 Å². The van der Waals surface area contributed by atoms with Gasteiger partial charge in [0.2, 0.25) is 5.91 Å². The molecule has 0 radical (unpaired) electrons. The minimum atomic E-state index is -0.447. The number of non-ortho nitro benzene ring substituents is 1. The standard InChI is InChI=1S/C15H23N3O3/c1-3-17(4-2)11-5-10-16-15(19)12-13-6-8-14(9-7-13)18(20)21/h6-9H,3-5,10-12H2,1-2H3,(H,16,19). The van der Waals surface area contributed by atoms with E-state index in [1.165, 1.54) is 12.1 Å². The van der Waals surface area contributed by atoms with Crippen LogP contribution in [0.3, 0.4) is 0 Å². The van der Waals surface area contributed by atoms with E-state index in [4.69, 9.17) is 0 Å². The van der Waals surface area contributed by atoms with Crippen LogP contribution in [0.25, 0.3) is 0 Å². The Balaban J connectivity index is 2.29. The van der Waals surface area contributed by atoms with Crippen molar-refractivity contribution in [2.75, 3.05) is 26.2 Å². The maximum absolute atomic E-state index is 11.8. The molecule has 0 unspecified atom stereocenters. The fourth-order valence-electron chi connectivity index (χ4n) is 2.05. The number of nitrogens with zero attached hydrogens (tertiary/aromatic N) is 2. The molecule has 0 aliphatic carbocycles. The molecule has 1 N–H and O–H groups in total. The van der Waals surface area contributed by atoms with Gasteiger partial charge in [-0.1, -0.05) is 26.0 Å². The molecule has 0 bridgehead atoms. The molecule has 1 aromatic carbocycles. The Labute approximate surface area is 125 Å². The molecule has 1 amide bonds. The largest absolute Gasteiger partial charge is 0.356 e. The van der Waals surface area contributed by atoms with E-state index in [1.807, 2.05) is 0 Å². The summed E-state index contributed by atoms with van der Waals surface area (Å²) in [4.78, 5) is 24.2. The molecule has 21 heavy (non-hydrogen) atoms. The second kappa shape index (κ2) is 9.07. The van der Waals surface area contributed by atoms with Gasteiger partial charge in [-0.3, -0.25) is 14.9 Å². The van der Waals surface area contributed by atoms with E-state index >= 15 is 0 Å². The number of nitro groups is 1. The van der Waals surface area contributed by atoms with Crippen molar-refractivity contribution in [3.8, 4) is 0 Å². The Kier molecular flexibility index (Phi) is 7.39. The summed E-state index contributed by atoms with van der Waals surface area (Å²) < 4.78 is 0. The number of rotatable bonds is 9. The molecule has 116 valence electrons. The molecule has 0 heterocycles. The Morgan fingerprint density at radius 2 is 1.86 bits per heavy atom. The Hall–Kier alpha value is -1.95. The topological polar surface area (TPSA) is 75.5 Å². The van der Waals surface area contributed by atoms with E-state index in [2.05, 4.69) is 24.1 Å². The van der Waals surface area contributed by atoms with Gasteiger partial charge in [0.1, 0.15) is 0 Å². The predicted molar refractivity (Wildman–Crippen MR) is 82.2 cm³/mol. The van der Waals surface area contributed by atoms with Crippen LogP contribution in [0.15, 0.2) is 24.3 Å². The van der Waals surface area contributed by atoms with E-state index in [0.29, 0.717) is 6.54 Å². The van der Waals surface area contributed by atoms with Gasteiger partial charge in [0.15, 0.2) is 0 Å². The maximum Gasteiger partial charge on any atom is 0.269 e. The SMILES string of the molecule is CCN(CC)CCCNC(=O)Cc1ccc([N+](=O)[O-])cc1. The molecular formula is C15H23N3O3. The van der Waals surface area contributed by atoms with E-state index in [1.54, 1.807) is 12.1 Å². The number of nitro benzene ring substituents is 1. The lowest BCUT2D eigenvalue weighted by Crippen LogP contribution is -2.30. The van der Waals surface area contributed by atoms with Crippen LogP contribution < -0.4 is 5.32 Å². The highest BCUT2D eigenvalue weighted by Crippen LogP contribution is 2.12. The van der Waals surface area contributed by atoms with Crippen molar-refractivity contribution < 1.29 is 9.72 Å². The van der Waals surface area contributed by atoms with Crippen LogP contribution in [0.2, 0.25) is 0 Å². The van der Waals surface area contributed by atoms with E-state index < -0.39 is 4.92 Å². The van der Waals surface area contributed by atoms with Crippen molar-refractivity contribution in [3.63, 3.8) is 0 Å². The third kappa shape index (κ3) is 6.35. The molecule has 1 aromatic rings. The summed E-state index contributed by atoms with van der Waals surface area (Å²) >= 11 is 0. The number of hydrogen-bond donors (Lipinski definition) is 1. The molecule has 6 nitrogen and oxygen atoms in total. The first-order valence-electron chi connectivity index (χ1n) is 7.29. The third-order valence-corrected chi connectivity index (χ3v) is 3.38. The molecule has 1 rings (SSSR count). The fourth-order valence-corrected chi connectivity index (χ4v) is 2.05. The summed E-state index contributed by atoms with van der Waals surface area (Å²) in [7, 11) is 0. The zero-order valence-corrected chi connectivity index (χ0v) is 12.7. The average Bonchev–Trinajstić information content (AvgIpc) is 2.48. The summed E-state index contributed by atoms with van der Waals surface area (Å²) in [5.74, 6) is -0.0524. The smallest absolute Gasteiger partial charge is 0.269 e. The van der Waals surface area contributed by atoms with Gasteiger partial charge < -0.3 is 10.2 Å². The Bertz CT molecular complexity index is 456. The Morgan fingerprint density at radius 3 is 2.38 bits per heavy atom. The van der Waals surface area contributed by atoms with Crippen molar-refractivity contribution in [3.05, 3.63) is 39.9 Å². The van der Waals surface area contributed by atoms with Crippen LogP contribution >= 0.6 is 0 Å². The van der Waals surface area contributed by atoms with E-state index in [9.17, 15) is 14.9 Å². The van der Waals surface area contributed by atoms with Gasteiger partial charge >= 0.3 is 0 Å². The molecular weight excluding hydrogens is 270 g/mol. The lowest BCUT2D eigenvalue weighted by molar-refractivity contribution is -0.384. The average molecular weight is 293 g/mol. The minimum absolute atomic E-state index is 0.0402. The first-order chi connectivity index (χ1) is 10.1. The van der Waals surface area contributed by atoms with Crippen molar-refractivity contribution in [2.45, 2.75) is 26.7 Å². The summed E-state index contributed by atoms with van der Waals surface area (Å²) in [5.41, 5.74) is 0.820. The molecule has 0 spiro atoms. The van der Waals surface area contributed by atoms with Crippen molar-refractivity contribution in [1.82, 2.24) is 10.2 Å². The van der Waals surface area contributed by atoms with E-state index in [0.717, 1.165) is 31.6 Å². The molecule has 0 aliphatic rings. The zero-order chi connectivity index (χ0) is 15.7. The van der Waals surface area contributed by atoms with Gasteiger partial charge in [0, 0.05) is 18.7 Å². The number of carbonyl (C=O) groups is 1. The lowest BCUT2D eigenvalue weighted by Gasteiger charge is -2.17. The quantitative estimate of drug-likeness (QED) is 0.429. The monoisotopic (exact) mass is 293 g/mol. The molecule has 0 atom stereocenters. The molecule has 0 fully saturated rings. The van der Waals surface area contributed by atoms with Crippen molar-refractivity contribution in [2.24, 2.45) is 0 Å². The molecule has 0 aliphatic heterocycles. The third-order valence-electron chi connectivity index (χ3n) is 3.38. The summed E-state index contributed by atoms with van der Waals surface area (Å²) in [6.07, 6.45) is 1.18. The second-order valence-electron chi connectivity index (χ2n) is 4.83. The van der Waals surface area contributed by atoms with Gasteiger partial charge in [-0.2, -0.15) is 0 Å². The van der Waals surface area contributed by atoms with Gasteiger partial charge in [-0.05, 0) is 31.6 Å². The normalized spacial score (nSPS) is 10.6. The highest BCUT2D eigenvalue weighted by molar-refractivity contribution is 5.78. The fraction of sp³-hybridized carbons (Fsp3) is 0.533. The van der Waals surface area contributed by atoms with E-state index in [-0.39, 0.29) is 18.0 Å². The summed E-state index contributed by atoms with van der Waals surface area (Å²) in [5, 5.41) is 13.4. The van der Waals surface area contributed by atoms with Crippen molar-refractivity contribution in [1.29, 1.82) is 0 Å². The molecule has 6 heteroatoms. The van der Waals surface area contributed by atoms with Crippen LogP contribution in [0.1, 0.15) is 25.8 Å². The predicted octanol–water partition coefficient (Wildman–Crippen LogP) is 1.99. The maximum atomic E-state index is 11.8. The first-order valence-corrected chi connectivity index (χ1v) is 7.29. The number of hydrogen-bond acceptors (Lipinski definition) is 4.